The van der Waals surface area contributed by atoms with E-state index in [-0.39, 0.29) is 5.56 Å². The number of carboxylic acids is 1. The lowest BCUT2D eigenvalue weighted by atomic mass is 10.1. The van der Waals surface area contributed by atoms with Gasteiger partial charge >= 0.3 is 5.97 Å². The zero-order valence-corrected chi connectivity index (χ0v) is 17.0. The van der Waals surface area contributed by atoms with Crippen molar-refractivity contribution in [3.05, 3.63) is 87.9 Å². The third-order valence-corrected chi connectivity index (χ3v) is 4.84. The zero-order chi connectivity index (χ0) is 20.8. The Morgan fingerprint density at radius 3 is 2.52 bits per heavy atom. The fourth-order valence-electron chi connectivity index (χ4n) is 3.00. The minimum Gasteiger partial charge on any atom is -0.493 e. The van der Waals surface area contributed by atoms with Gasteiger partial charge in [-0.15, -0.1) is 0 Å². The molecule has 3 rings (SSSR count). The first-order valence-electron chi connectivity index (χ1n) is 9.09. The number of anilines is 1. The molecule has 2 N–H and O–H groups in total. The van der Waals surface area contributed by atoms with Gasteiger partial charge in [0, 0.05) is 12.2 Å². The van der Waals surface area contributed by atoms with Gasteiger partial charge in [-0.3, -0.25) is 0 Å². The van der Waals surface area contributed by atoms with Crippen molar-refractivity contribution >= 4 is 23.3 Å². The third kappa shape index (κ3) is 5.00. The van der Waals surface area contributed by atoms with E-state index in [0.717, 1.165) is 16.8 Å². The molecule has 150 valence electrons. The average Bonchev–Trinajstić information content (AvgIpc) is 2.72. The molecule has 0 saturated carbocycles. The van der Waals surface area contributed by atoms with Gasteiger partial charge in [0.05, 0.1) is 17.7 Å². The van der Waals surface area contributed by atoms with Crippen LogP contribution in [0.15, 0.2) is 60.7 Å². The maximum Gasteiger partial charge on any atom is 0.336 e. The molecule has 0 aliphatic heterocycles. The van der Waals surface area contributed by atoms with Crippen LogP contribution in [0.4, 0.5) is 5.69 Å². The molecule has 0 unspecified atom stereocenters. The first kappa shape index (κ1) is 20.6. The van der Waals surface area contributed by atoms with Crippen LogP contribution in [0.25, 0.3) is 0 Å². The fourth-order valence-corrected chi connectivity index (χ4v) is 3.29. The molecule has 0 atom stereocenters. The second-order valence-corrected chi connectivity index (χ2v) is 6.93. The largest absolute Gasteiger partial charge is 0.493 e. The number of methoxy groups -OCH3 is 1. The molecule has 5 nitrogen and oxygen atoms in total. The van der Waals surface area contributed by atoms with Crippen LogP contribution < -0.4 is 14.8 Å². The number of ether oxygens (including phenoxy) is 2. The average molecular weight is 412 g/mol. The molecule has 0 aliphatic carbocycles. The lowest BCUT2D eigenvalue weighted by molar-refractivity contribution is 0.0696. The number of rotatable bonds is 8. The van der Waals surface area contributed by atoms with Gasteiger partial charge in [-0.2, -0.15) is 0 Å². The topological polar surface area (TPSA) is 67.8 Å². The van der Waals surface area contributed by atoms with E-state index in [9.17, 15) is 9.90 Å². The number of carboxylic acid groups (broad SMARTS) is 1. The summed E-state index contributed by atoms with van der Waals surface area (Å²) in [5.41, 5.74) is 3.63. The molecule has 0 bridgehead atoms. The summed E-state index contributed by atoms with van der Waals surface area (Å²) in [7, 11) is 1.57. The first-order valence-corrected chi connectivity index (χ1v) is 9.47. The molecule has 29 heavy (non-hydrogen) atoms. The number of halogens is 1. The highest BCUT2D eigenvalue weighted by atomic mass is 35.5. The summed E-state index contributed by atoms with van der Waals surface area (Å²) in [4.78, 5) is 11.3. The Labute approximate surface area is 174 Å². The summed E-state index contributed by atoms with van der Waals surface area (Å²) in [6.45, 7) is 2.62. The smallest absolute Gasteiger partial charge is 0.336 e. The third-order valence-electron chi connectivity index (χ3n) is 4.56. The Morgan fingerprint density at radius 1 is 1.07 bits per heavy atom. The van der Waals surface area contributed by atoms with Crippen LogP contribution in [0.2, 0.25) is 5.02 Å². The van der Waals surface area contributed by atoms with Crippen molar-refractivity contribution in [2.45, 2.75) is 20.1 Å². The van der Waals surface area contributed by atoms with Gasteiger partial charge in [-0.1, -0.05) is 48.0 Å². The molecular formula is C23H22ClNO4. The van der Waals surface area contributed by atoms with Crippen molar-refractivity contribution in [1.29, 1.82) is 0 Å². The number of aromatic carboxylic acids is 1. The van der Waals surface area contributed by atoms with E-state index in [4.69, 9.17) is 21.1 Å². The van der Waals surface area contributed by atoms with Gasteiger partial charge in [-0.25, -0.2) is 4.79 Å². The summed E-state index contributed by atoms with van der Waals surface area (Å²) in [5, 5.41) is 13.0. The van der Waals surface area contributed by atoms with E-state index in [2.05, 4.69) is 5.32 Å². The molecule has 0 spiro atoms. The highest BCUT2D eigenvalue weighted by Gasteiger charge is 2.14. The molecule has 0 aromatic heterocycles. The first-order chi connectivity index (χ1) is 14.0. The Hall–Kier alpha value is -3.18. The maximum absolute atomic E-state index is 11.3. The highest BCUT2D eigenvalue weighted by molar-refractivity contribution is 6.32. The van der Waals surface area contributed by atoms with E-state index >= 15 is 0 Å². The molecule has 6 heteroatoms. The Balaban J connectivity index is 1.75. The highest BCUT2D eigenvalue weighted by Crippen LogP contribution is 2.37. The summed E-state index contributed by atoms with van der Waals surface area (Å²) in [6.07, 6.45) is 0. The monoisotopic (exact) mass is 411 g/mol. The van der Waals surface area contributed by atoms with Crippen LogP contribution >= 0.6 is 11.6 Å². The zero-order valence-electron chi connectivity index (χ0n) is 16.2. The molecule has 0 amide bonds. The minimum absolute atomic E-state index is 0.273. The van der Waals surface area contributed by atoms with Crippen LogP contribution in [0.1, 0.15) is 27.0 Å². The molecule has 0 saturated heterocycles. The summed E-state index contributed by atoms with van der Waals surface area (Å²) >= 11 is 6.45. The Bertz CT molecular complexity index is 1010. The van der Waals surface area contributed by atoms with E-state index in [1.807, 2.05) is 48.5 Å². The van der Waals surface area contributed by atoms with Gasteiger partial charge in [0.25, 0.3) is 0 Å². The molecule has 0 heterocycles. The lowest BCUT2D eigenvalue weighted by Gasteiger charge is -2.16. The lowest BCUT2D eigenvalue weighted by Crippen LogP contribution is -2.06. The van der Waals surface area contributed by atoms with Crippen LogP contribution in [0.3, 0.4) is 0 Å². The van der Waals surface area contributed by atoms with Gasteiger partial charge in [0.1, 0.15) is 6.61 Å². The molecule has 0 fully saturated rings. The predicted octanol–water partition coefficient (Wildman–Crippen LogP) is 5.55. The second kappa shape index (κ2) is 9.34. The predicted molar refractivity (Wildman–Crippen MR) is 114 cm³/mol. The van der Waals surface area contributed by atoms with Crippen molar-refractivity contribution < 1.29 is 19.4 Å². The van der Waals surface area contributed by atoms with Crippen molar-refractivity contribution in [3.63, 3.8) is 0 Å². The fraction of sp³-hybridized carbons (Fsp3) is 0.174. The minimum atomic E-state index is -0.948. The molecular weight excluding hydrogens is 390 g/mol. The summed E-state index contributed by atoms with van der Waals surface area (Å²) < 4.78 is 11.3. The van der Waals surface area contributed by atoms with Crippen LogP contribution in [0, 0.1) is 6.92 Å². The SMILES string of the molecule is COc1cc(CNc2cccc(C(=O)O)c2C)cc(Cl)c1OCc1ccccc1. The number of nitrogens with one attached hydrogen (secondary N) is 1. The maximum atomic E-state index is 11.3. The van der Waals surface area contributed by atoms with Crippen molar-refractivity contribution in [2.24, 2.45) is 0 Å². The van der Waals surface area contributed by atoms with E-state index in [1.54, 1.807) is 26.2 Å². The number of benzene rings is 3. The van der Waals surface area contributed by atoms with Gasteiger partial charge in [0.2, 0.25) is 0 Å². The van der Waals surface area contributed by atoms with Gasteiger partial charge in [0.15, 0.2) is 11.5 Å². The van der Waals surface area contributed by atoms with Crippen molar-refractivity contribution in [3.8, 4) is 11.5 Å². The number of hydrogen-bond donors (Lipinski definition) is 2. The molecule has 3 aromatic carbocycles. The summed E-state index contributed by atoms with van der Waals surface area (Å²) in [6, 6.07) is 18.6. The van der Waals surface area contributed by atoms with Crippen LogP contribution in [-0.2, 0) is 13.2 Å². The normalized spacial score (nSPS) is 10.4. The van der Waals surface area contributed by atoms with Crippen molar-refractivity contribution in [2.75, 3.05) is 12.4 Å². The van der Waals surface area contributed by atoms with Crippen LogP contribution in [0.5, 0.6) is 11.5 Å². The molecule has 0 aliphatic rings. The number of hydrogen-bond acceptors (Lipinski definition) is 4. The van der Waals surface area contributed by atoms with Gasteiger partial charge < -0.3 is 19.9 Å². The van der Waals surface area contributed by atoms with Crippen LogP contribution in [-0.4, -0.2) is 18.2 Å². The molecule has 0 radical (unpaired) electrons. The molecule has 3 aromatic rings. The van der Waals surface area contributed by atoms with E-state index in [0.29, 0.717) is 35.2 Å². The van der Waals surface area contributed by atoms with Gasteiger partial charge in [-0.05, 0) is 47.9 Å². The van der Waals surface area contributed by atoms with E-state index < -0.39 is 5.97 Å². The number of carbonyl (C=O) groups is 1. The quantitative estimate of drug-likeness (QED) is 0.509. The Morgan fingerprint density at radius 2 is 1.83 bits per heavy atom. The standard InChI is InChI=1S/C23H22ClNO4/c1-15-18(23(26)27)9-6-10-20(15)25-13-17-11-19(24)22(21(12-17)28-2)29-14-16-7-4-3-5-8-16/h3-12,25H,13-14H2,1-2H3,(H,26,27). The van der Waals surface area contributed by atoms with Crippen molar-refractivity contribution in [1.82, 2.24) is 0 Å². The second-order valence-electron chi connectivity index (χ2n) is 6.52. The van der Waals surface area contributed by atoms with E-state index in [1.165, 1.54) is 0 Å². The Kier molecular flexibility index (Phi) is 6.62. The summed E-state index contributed by atoms with van der Waals surface area (Å²) in [5.74, 6) is 0.0860.